The first kappa shape index (κ1) is 38.1. The Hall–Kier alpha value is -3.16. The molecule has 18 heteroatoms. The molecule has 2 aliphatic rings. The molecule has 1 aromatic carbocycles. The van der Waals surface area contributed by atoms with E-state index in [0.29, 0.717) is 18.4 Å². The third-order valence-electron chi connectivity index (χ3n) is 9.89. The van der Waals surface area contributed by atoms with Crippen LogP contribution in [-0.4, -0.2) is 71.1 Å². The fraction of sp³-hybridized carbons (Fsp3) is 0.625. The molecule has 276 valence electrons. The number of ether oxygens (including phenoxy) is 2. The predicted molar refractivity (Wildman–Crippen MR) is 180 cm³/mol. The van der Waals surface area contributed by atoms with Crippen molar-refractivity contribution in [1.82, 2.24) is 19.5 Å². The van der Waals surface area contributed by atoms with Gasteiger partial charge in [0.2, 0.25) is 11.9 Å². The number of anilines is 1. The summed E-state index contributed by atoms with van der Waals surface area (Å²) in [6.07, 6.45) is -2.92. The highest BCUT2D eigenvalue weighted by molar-refractivity contribution is 7.87. The van der Waals surface area contributed by atoms with E-state index < -0.39 is 71.0 Å². The number of carbonyl (C=O) groups is 1. The van der Waals surface area contributed by atoms with Gasteiger partial charge in [0, 0.05) is 5.92 Å². The molecule has 2 N–H and O–H groups in total. The number of benzene rings is 1. The number of aromatic amines is 1. The molecule has 0 radical (unpaired) electrons. The van der Waals surface area contributed by atoms with Crippen LogP contribution in [0.1, 0.15) is 72.6 Å². The largest absolute Gasteiger partial charge is 0.523 e. The van der Waals surface area contributed by atoms with Gasteiger partial charge in [-0.15, -0.1) is 0 Å². The zero-order chi connectivity index (χ0) is 37.1. The van der Waals surface area contributed by atoms with E-state index in [4.69, 9.17) is 18.1 Å². The average Bonchev–Trinajstić information content (AvgIpc) is 3.54. The third kappa shape index (κ3) is 6.89. The third-order valence-corrected chi connectivity index (χ3v) is 15.4. The van der Waals surface area contributed by atoms with Gasteiger partial charge in [-0.25, -0.2) is 4.98 Å². The van der Waals surface area contributed by atoms with Crippen molar-refractivity contribution in [2.24, 2.45) is 5.92 Å². The molecule has 2 fully saturated rings. The Morgan fingerprint density at radius 2 is 1.82 bits per heavy atom. The lowest BCUT2D eigenvalue weighted by Gasteiger charge is -2.47. The zero-order valence-corrected chi connectivity index (χ0v) is 31.1. The summed E-state index contributed by atoms with van der Waals surface area (Å²) in [4.78, 5) is 36.4. The topological polar surface area (TPSA) is 164 Å². The number of H-pyrrole nitrogens is 1. The van der Waals surface area contributed by atoms with Crippen LogP contribution in [0.4, 0.5) is 19.1 Å². The first-order chi connectivity index (χ1) is 23.1. The van der Waals surface area contributed by atoms with E-state index in [-0.39, 0.29) is 35.2 Å². The van der Waals surface area contributed by atoms with Gasteiger partial charge < -0.3 is 13.9 Å². The highest BCUT2D eigenvalue weighted by Gasteiger charge is 2.73. The molecule has 0 spiro atoms. The Kier molecular flexibility index (Phi) is 9.98. The van der Waals surface area contributed by atoms with Crippen LogP contribution in [-0.2, 0) is 39.6 Å². The second-order valence-corrected chi connectivity index (χ2v) is 21.0. The Balaban J connectivity index is 1.72. The van der Waals surface area contributed by atoms with Gasteiger partial charge in [-0.05, 0) is 43.0 Å². The van der Waals surface area contributed by atoms with Gasteiger partial charge in [-0.1, -0.05) is 71.9 Å². The Morgan fingerprint density at radius 1 is 1.18 bits per heavy atom. The monoisotopic (exact) mass is 743 g/mol. The summed E-state index contributed by atoms with van der Waals surface area (Å²) in [6.45, 7) is 15.1. The summed E-state index contributed by atoms with van der Waals surface area (Å²) in [5.41, 5.74) is -8.93. The highest BCUT2D eigenvalue weighted by Crippen LogP contribution is 2.62. The zero-order valence-electron chi connectivity index (χ0n) is 29.3. The molecule has 1 saturated carbocycles. The van der Waals surface area contributed by atoms with Gasteiger partial charge in [0.15, 0.2) is 31.8 Å². The number of halogens is 3. The number of hydrogen-bond donors (Lipinski definition) is 2. The summed E-state index contributed by atoms with van der Waals surface area (Å²) < 4.78 is 94.2. The molecule has 13 nitrogen and oxygen atoms in total. The fourth-order valence-electron chi connectivity index (χ4n) is 6.04. The van der Waals surface area contributed by atoms with Crippen molar-refractivity contribution in [2.75, 3.05) is 5.32 Å². The second kappa shape index (κ2) is 13.1. The van der Waals surface area contributed by atoms with Crippen molar-refractivity contribution >= 4 is 41.5 Å². The van der Waals surface area contributed by atoms with Gasteiger partial charge in [-0.2, -0.15) is 26.6 Å². The summed E-state index contributed by atoms with van der Waals surface area (Å²) in [6, 6.07) is 8.84. The smallest absolute Gasteiger partial charge is 0.408 e. The lowest BCUT2D eigenvalue weighted by molar-refractivity contribution is -0.184. The van der Waals surface area contributed by atoms with Gasteiger partial charge in [0.05, 0.1) is 18.5 Å². The number of hydrogen-bond acceptors (Lipinski definition) is 10. The van der Waals surface area contributed by atoms with Crippen LogP contribution >= 0.6 is 0 Å². The predicted octanol–water partition coefficient (Wildman–Crippen LogP) is 5.77. The molecule has 1 aliphatic heterocycles. The van der Waals surface area contributed by atoms with Crippen molar-refractivity contribution < 1.29 is 44.5 Å². The number of carbonyl (C=O) groups excluding carboxylic acids is 1. The molecule has 50 heavy (non-hydrogen) atoms. The maximum Gasteiger partial charge on any atom is 0.523 e. The van der Waals surface area contributed by atoms with Crippen molar-refractivity contribution in [3.63, 3.8) is 0 Å². The van der Waals surface area contributed by atoms with Crippen LogP contribution in [0.25, 0.3) is 11.2 Å². The van der Waals surface area contributed by atoms with Gasteiger partial charge in [-0.3, -0.25) is 28.6 Å². The van der Waals surface area contributed by atoms with E-state index in [1.807, 2.05) is 33.9 Å². The Bertz CT molecular complexity index is 1890. The minimum absolute atomic E-state index is 0.125. The van der Waals surface area contributed by atoms with Crippen LogP contribution in [0.2, 0.25) is 18.1 Å². The maximum absolute atomic E-state index is 14.0. The molecule has 1 aliphatic carbocycles. The molecule has 3 aromatic rings. The quantitative estimate of drug-likeness (QED) is 0.132. The van der Waals surface area contributed by atoms with Crippen LogP contribution in [0, 0.1) is 5.92 Å². The molecule has 2 aromatic heterocycles. The number of fused-ring (bicyclic) bond motifs is 1. The van der Waals surface area contributed by atoms with Crippen molar-refractivity contribution in [1.29, 1.82) is 0 Å². The fourth-order valence-corrected chi connectivity index (χ4v) is 8.30. The van der Waals surface area contributed by atoms with Crippen LogP contribution in [0.5, 0.6) is 0 Å². The molecular formula is C32H44F3N5O8SSi. The number of nitrogens with one attached hydrogen (secondary N) is 2. The minimum atomic E-state index is -6.23. The first-order valence-corrected chi connectivity index (χ1v) is 20.7. The summed E-state index contributed by atoms with van der Waals surface area (Å²) in [5, 5.41) is 2.23. The first-order valence-electron chi connectivity index (χ1n) is 16.4. The van der Waals surface area contributed by atoms with Crippen LogP contribution < -0.4 is 10.9 Å². The summed E-state index contributed by atoms with van der Waals surface area (Å²) >= 11 is 0. The van der Waals surface area contributed by atoms with Crippen molar-refractivity contribution in [3.05, 3.63) is 52.6 Å². The maximum atomic E-state index is 14.0. The molecule has 1 saturated heterocycles. The van der Waals surface area contributed by atoms with Crippen molar-refractivity contribution in [3.8, 4) is 0 Å². The number of nitrogens with zero attached hydrogens (tertiary/aromatic N) is 3. The number of amides is 1. The number of rotatable bonds is 12. The molecule has 5 rings (SSSR count). The van der Waals surface area contributed by atoms with E-state index >= 15 is 0 Å². The van der Waals surface area contributed by atoms with Crippen LogP contribution in [0.15, 0.2) is 41.5 Å². The lowest BCUT2D eigenvalue weighted by Crippen LogP contribution is -2.60. The van der Waals surface area contributed by atoms with E-state index in [0.717, 1.165) is 10.9 Å². The second-order valence-electron chi connectivity index (χ2n) is 14.7. The number of alkyl halides is 3. The number of aromatic nitrogens is 4. The Morgan fingerprint density at radius 3 is 2.36 bits per heavy atom. The van der Waals surface area contributed by atoms with E-state index in [1.165, 1.54) is 0 Å². The summed E-state index contributed by atoms with van der Waals surface area (Å²) in [5.74, 6) is -1.20. The number of imidazole rings is 1. The van der Waals surface area contributed by atoms with Crippen molar-refractivity contribution in [2.45, 2.75) is 121 Å². The van der Waals surface area contributed by atoms with Crippen LogP contribution in [0.3, 0.4) is 0 Å². The Labute approximate surface area is 289 Å². The van der Waals surface area contributed by atoms with Gasteiger partial charge in [0.25, 0.3) is 5.56 Å². The molecular weight excluding hydrogens is 700 g/mol. The highest BCUT2D eigenvalue weighted by atomic mass is 32.2. The molecule has 0 bridgehead atoms. The minimum Gasteiger partial charge on any atom is -0.408 e. The van der Waals surface area contributed by atoms with E-state index in [9.17, 15) is 31.2 Å². The lowest BCUT2D eigenvalue weighted by atomic mass is 9.84. The SMILES string of the molecule is CC[C@]1(C2(O[Si](C)(C)C(C)(C)C)CC2)O[C@@H](n2cnc3c(=O)[nH]c(NC(=O)C(C)C)nc32)C(OS(=O)(=O)C(F)(F)F)C1OCc1ccccc1. The van der Waals surface area contributed by atoms with Gasteiger partial charge >= 0.3 is 15.6 Å². The van der Waals surface area contributed by atoms with E-state index in [2.05, 4.69) is 20.3 Å². The molecule has 1 amide bonds. The summed E-state index contributed by atoms with van der Waals surface area (Å²) in [7, 11) is -8.82. The molecule has 2 unspecified atom stereocenters. The standard InChI is InChI=1S/C32H44F3N5O8SSi/c1-9-31(30(15-16-30)48-50(7,8)29(4,5)6)23(45-17-20-13-11-10-12-14-20)22(47-49(43,44)32(33,34)35)27(46-31)40-18-36-21-24(40)37-28(39-26(21)42)38-25(41)19(2)3/h10-14,18-19,22-23,27H,9,15-17H2,1-8H3,(H2,37,38,39,41,42)/t22?,23?,27-,31+/m1/s1. The molecule has 3 heterocycles. The van der Waals surface area contributed by atoms with Gasteiger partial charge in [0.1, 0.15) is 11.7 Å². The average molecular weight is 744 g/mol. The molecule has 4 atom stereocenters. The normalized spacial score (nSPS) is 24.2. The van der Waals surface area contributed by atoms with E-state index in [1.54, 1.807) is 51.1 Å².